The zero-order valence-electron chi connectivity index (χ0n) is 18.9. The number of halogens is 1. The Balaban J connectivity index is 1.72. The highest BCUT2D eigenvalue weighted by Gasteiger charge is 2.31. The highest BCUT2D eigenvalue weighted by molar-refractivity contribution is 8.15. The summed E-state index contributed by atoms with van der Waals surface area (Å²) in [6, 6.07) is 6.33. The van der Waals surface area contributed by atoms with E-state index >= 15 is 0 Å². The van der Waals surface area contributed by atoms with Gasteiger partial charge in [0.05, 0.1) is 23.6 Å². The first-order chi connectivity index (χ1) is 16.9. The van der Waals surface area contributed by atoms with Crippen LogP contribution in [-0.2, 0) is 4.79 Å². The van der Waals surface area contributed by atoms with Crippen LogP contribution in [0.25, 0.3) is 33.4 Å². The fraction of sp³-hybridized carbons (Fsp3) is 0.208. The van der Waals surface area contributed by atoms with Crippen molar-refractivity contribution in [2.45, 2.75) is 19.4 Å². The summed E-state index contributed by atoms with van der Waals surface area (Å²) in [5.41, 5.74) is 2.95. The number of aryl methyl sites for hydroxylation is 1. The van der Waals surface area contributed by atoms with Crippen LogP contribution in [0, 0.1) is 12.3 Å². The average Bonchev–Trinajstić information content (AvgIpc) is 2.85. The number of anilines is 1. The van der Waals surface area contributed by atoms with E-state index in [-0.39, 0.29) is 16.4 Å². The van der Waals surface area contributed by atoms with E-state index in [1.165, 1.54) is 4.57 Å². The maximum atomic E-state index is 13.9. The standard InChI is InChI=1S/C24H20ClN7O2S/c1-12-9-28-11-18(30-12)13-3-4-15(17(25)8-13)16-7-14-10-29-24(27-2)31-21(14)32(22(16)33)19-5-6-35-23(34)20(19)26/h3-4,7-11,19,26H,5-6H2,1-2H3,(H,27,29,31). The summed E-state index contributed by atoms with van der Waals surface area (Å²) in [6.45, 7) is 1.86. The number of carbonyl (C=O) groups excluding carboxylic acids is 1. The van der Waals surface area contributed by atoms with Crippen LogP contribution in [-0.4, -0.2) is 48.1 Å². The summed E-state index contributed by atoms with van der Waals surface area (Å²) in [6.07, 6.45) is 5.40. The Morgan fingerprint density at radius 3 is 2.71 bits per heavy atom. The van der Waals surface area contributed by atoms with Crippen LogP contribution in [0.3, 0.4) is 0 Å². The molecule has 2 N–H and O–H groups in total. The Morgan fingerprint density at radius 1 is 1.14 bits per heavy atom. The van der Waals surface area contributed by atoms with Crippen molar-refractivity contribution in [1.82, 2.24) is 24.5 Å². The lowest BCUT2D eigenvalue weighted by Gasteiger charge is -2.25. The number of aromatic nitrogens is 5. The number of carbonyl (C=O) groups is 1. The molecule has 11 heteroatoms. The summed E-state index contributed by atoms with van der Waals surface area (Å²) in [7, 11) is 1.68. The molecule has 0 aliphatic carbocycles. The van der Waals surface area contributed by atoms with Gasteiger partial charge in [0.2, 0.25) is 11.1 Å². The van der Waals surface area contributed by atoms with Gasteiger partial charge in [-0.2, -0.15) is 4.98 Å². The van der Waals surface area contributed by atoms with Crippen LogP contribution in [0.4, 0.5) is 5.95 Å². The molecule has 0 radical (unpaired) electrons. The summed E-state index contributed by atoms with van der Waals surface area (Å²) < 4.78 is 1.43. The number of nitrogens with one attached hydrogen (secondary N) is 2. The second-order valence-corrected chi connectivity index (χ2v) is 9.53. The predicted molar refractivity (Wildman–Crippen MR) is 138 cm³/mol. The smallest absolute Gasteiger partial charge is 0.260 e. The van der Waals surface area contributed by atoms with Gasteiger partial charge in [-0.3, -0.25) is 24.5 Å². The Labute approximate surface area is 209 Å². The fourth-order valence-corrected chi connectivity index (χ4v) is 5.20. The molecular formula is C24H20ClN7O2S. The summed E-state index contributed by atoms with van der Waals surface area (Å²) in [5, 5.41) is 11.9. The van der Waals surface area contributed by atoms with Gasteiger partial charge >= 0.3 is 0 Å². The summed E-state index contributed by atoms with van der Waals surface area (Å²) in [4.78, 5) is 43.6. The molecule has 0 saturated carbocycles. The fourth-order valence-electron chi connectivity index (χ4n) is 4.10. The maximum absolute atomic E-state index is 13.9. The molecule has 176 valence electrons. The zero-order valence-corrected chi connectivity index (χ0v) is 20.4. The Hall–Kier alpha value is -3.63. The number of benzene rings is 1. The highest BCUT2D eigenvalue weighted by Crippen LogP contribution is 2.33. The maximum Gasteiger partial charge on any atom is 0.260 e. The third kappa shape index (κ3) is 4.19. The van der Waals surface area contributed by atoms with Crippen molar-refractivity contribution in [2.24, 2.45) is 0 Å². The third-order valence-corrected chi connectivity index (χ3v) is 7.03. The van der Waals surface area contributed by atoms with E-state index in [0.717, 1.165) is 23.0 Å². The summed E-state index contributed by atoms with van der Waals surface area (Å²) in [5.74, 6) is 0.851. The van der Waals surface area contributed by atoms with Crippen molar-refractivity contribution < 1.29 is 4.79 Å². The summed E-state index contributed by atoms with van der Waals surface area (Å²) >= 11 is 7.77. The number of pyridine rings is 1. The topological polar surface area (TPSA) is 127 Å². The Bertz CT molecular complexity index is 1570. The Morgan fingerprint density at radius 2 is 1.97 bits per heavy atom. The molecule has 1 atom stereocenters. The molecule has 4 heterocycles. The first-order valence-electron chi connectivity index (χ1n) is 10.8. The van der Waals surface area contributed by atoms with Crippen LogP contribution in [0.5, 0.6) is 0 Å². The predicted octanol–water partition coefficient (Wildman–Crippen LogP) is 4.14. The lowest BCUT2D eigenvalue weighted by Crippen LogP contribution is -2.36. The quantitative estimate of drug-likeness (QED) is 0.423. The molecule has 4 aromatic rings. The van der Waals surface area contributed by atoms with Crippen molar-refractivity contribution >= 4 is 51.2 Å². The van der Waals surface area contributed by atoms with E-state index < -0.39 is 6.04 Å². The van der Waals surface area contributed by atoms with E-state index in [2.05, 4.69) is 25.3 Å². The van der Waals surface area contributed by atoms with E-state index in [1.807, 2.05) is 13.0 Å². The number of thioether (sulfide) groups is 1. The molecule has 5 rings (SSSR count). The van der Waals surface area contributed by atoms with Crippen molar-refractivity contribution in [3.8, 4) is 22.4 Å². The van der Waals surface area contributed by atoms with Gasteiger partial charge in [0.25, 0.3) is 5.56 Å². The Kier molecular flexibility index (Phi) is 6.08. The SMILES string of the molecule is CNc1ncc2cc(-c3ccc(-c4cncc(C)n4)cc3Cl)c(=O)n(C3CCSC(=O)C3=N)c2n1. The van der Waals surface area contributed by atoms with Gasteiger partial charge < -0.3 is 5.32 Å². The zero-order chi connectivity index (χ0) is 24.7. The van der Waals surface area contributed by atoms with Gasteiger partial charge in [-0.1, -0.05) is 35.5 Å². The van der Waals surface area contributed by atoms with Crippen LogP contribution < -0.4 is 10.9 Å². The van der Waals surface area contributed by atoms with Gasteiger partial charge in [-0.05, 0) is 25.5 Å². The molecule has 9 nitrogen and oxygen atoms in total. The van der Waals surface area contributed by atoms with Gasteiger partial charge in [0.15, 0.2) is 0 Å². The highest BCUT2D eigenvalue weighted by atomic mass is 35.5. The molecule has 1 saturated heterocycles. The van der Waals surface area contributed by atoms with Gasteiger partial charge in [-0.25, -0.2) is 9.97 Å². The van der Waals surface area contributed by atoms with Crippen LogP contribution in [0.1, 0.15) is 18.2 Å². The lowest BCUT2D eigenvalue weighted by molar-refractivity contribution is -0.106. The van der Waals surface area contributed by atoms with Gasteiger partial charge in [0.1, 0.15) is 11.4 Å². The average molecular weight is 506 g/mol. The minimum absolute atomic E-state index is 0.120. The molecule has 1 fully saturated rings. The molecule has 1 aliphatic heterocycles. The van der Waals surface area contributed by atoms with E-state index in [0.29, 0.717) is 51.0 Å². The number of fused-ring (bicyclic) bond motifs is 1. The van der Waals surface area contributed by atoms with E-state index in [1.54, 1.807) is 43.8 Å². The molecule has 1 unspecified atom stereocenters. The second kappa shape index (κ2) is 9.20. The monoisotopic (exact) mass is 505 g/mol. The first kappa shape index (κ1) is 23.1. The number of hydrogen-bond donors (Lipinski definition) is 2. The van der Waals surface area contributed by atoms with Gasteiger partial charge in [-0.15, -0.1) is 0 Å². The van der Waals surface area contributed by atoms with Crippen LogP contribution in [0.15, 0.2) is 47.7 Å². The van der Waals surface area contributed by atoms with Crippen LogP contribution >= 0.6 is 23.4 Å². The largest absolute Gasteiger partial charge is 0.357 e. The molecule has 1 aliphatic rings. The molecule has 0 spiro atoms. The second-order valence-electron chi connectivity index (χ2n) is 8.05. The first-order valence-corrected chi connectivity index (χ1v) is 12.2. The molecule has 35 heavy (non-hydrogen) atoms. The van der Waals surface area contributed by atoms with Crippen molar-refractivity contribution in [3.63, 3.8) is 0 Å². The molecular weight excluding hydrogens is 486 g/mol. The van der Waals surface area contributed by atoms with Crippen molar-refractivity contribution in [2.75, 3.05) is 18.1 Å². The minimum Gasteiger partial charge on any atom is -0.357 e. The number of rotatable bonds is 4. The molecule has 1 aromatic carbocycles. The van der Waals surface area contributed by atoms with Crippen molar-refractivity contribution in [3.05, 3.63) is 63.9 Å². The molecule has 0 amide bonds. The molecule has 0 bridgehead atoms. The van der Waals surface area contributed by atoms with Crippen molar-refractivity contribution in [1.29, 1.82) is 5.41 Å². The van der Waals surface area contributed by atoms with Crippen LogP contribution in [0.2, 0.25) is 5.02 Å². The normalized spacial score (nSPS) is 16.0. The third-order valence-electron chi connectivity index (χ3n) is 5.80. The van der Waals surface area contributed by atoms with E-state index in [4.69, 9.17) is 17.0 Å². The number of nitrogens with zero attached hydrogens (tertiary/aromatic N) is 5. The lowest BCUT2D eigenvalue weighted by atomic mass is 10.0. The minimum atomic E-state index is -0.723. The molecule has 3 aromatic heterocycles. The number of hydrogen-bond acceptors (Lipinski definition) is 9. The van der Waals surface area contributed by atoms with Gasteiger partial charge in [0, 0.05) is 52.3 Å². The van der Waals surface area contributed by atoms with E-state index in [9.17, 15) is 9.59 Å².